The Labute approximate surface area is 131 Å². The second-order valence-electron chi connectivity index (χ2n) is 5.17. The molecule has 23 heavy (non-hydrogen) atoms. The zero-order chi connectivity index (χ0) is 17.0. The Morgan fingerprint density at radius 3 is 2.78 bits per heavy atom. The van der Waals surface area contributed by atoms with Gasteiger partial charge in [0.1, 0.15) is 0 Å². The van der Waals surface area contributed by atoms with Crippen molar-refractivity contribution in [3.05, 3.63) is 42.2 Å². The molecule has 1 amide bonds. The predicted molar refractivity (Wildman–Crippen MR) is 80.3 cm³/mol. The van der Waals surface area contributed by atoms with Gasteiger partial charge in [0.15, 0.2) is 0 Å². The lowest BCUT2D eigenvalue weighted by molar-refractivity contribution is -0.137. The molecule has 1 unspecified atom stereocenters. The molecule has 0 aliphatic heterocycles. The van der Waals surface area contributed by atoms with Gasteiger partial charge in [0.25, 0.3) is 0 Å². The van der Waals surface area contributed by atoms with Gasteiger partial charge in [-0.05, 0) is 25.2 Å². The minimum absolute atomic E-state index is 0.192. The lowest BCUT2D eigenvalue weighted by Crippen LogP contribution is -2.28. The number of aromatic nitrogens is 2. The van der Waals surface area contributed by atoms with Gasteiger partial charge in [-0.2, -0.15) is 18.3 Å². The third kappa shape index (κ3) is 4.32. The number of carbonyl (C=O) groups excluding carboxylic acids is 1. The molecule has 0 radical (unpaired) electrons. The number of nitrogens with one attached hydrogen (secondary N) is 2. The Balaban J connectivity index is 2.15. The Morgan fingerprint density at radius 1 is 1.39 bits per heavy atom. The minimum Gasteiger partial charge on any atom is -0.323 e. The summed E-state index contributed by atoms with van der Waals surface area (Å²) >= 11 is 0. The molecule has 2 rings (SSSR count). The Morgan fingerprint density at radius 2 is 2.13 bits per heavy atom. The average molecular weight is 326 g/mol. The fourth-order valence-electron chi connectivity index (χ4n) is 2.02. The van der Waals surface area contributed by atoms with Crippen molar-refractivity contribution in [1.29, 1.82) is 0 Å². The first-order valence-electron chi connectivity index (χ1n) is 6.99. The molecule has 0 fully saturated rings. The number of hydrogen-bond donors (Lipinski definition) is 2. The second kappa shape index (κ2) is 6.82. The first-order chi connectivity index (χ1) is 10.8. The summed E-state index contributed by atoms with van der Waals surface area (Å²) in [6, 6.07) is 4.82. The molecule has 2 aromatic rings. The van der Waals surface area contributed by atoms with Gasteiger partial charge < -0.3 is 10.6 Å². The summed E-state index contributed by atoms with van der Waals surface area (Å²) in [4.78, 5) is 11.9. The molecule has 0 aliphatic rings. The SMILES string of the molecule is CNCC(C)C(=O)Nc1cnn(-c2cccc(C(F)(F)F)c2)c1. The van der Waals surface area contributed by atoms with Gasteiger partial charge in [-0.15, -0.1) is 0 Å². The number of amides is 1. The van der Waals surface area contributed by atoms with Crippen LogP contribution in [0.15, 0.2) is 36.7 Å². The molecule has 0 saturated carbocycles. The fraction of sp³-hybridized carbons (Fsp3) is 0.333. The Bertz CT molecular complexity index is 681. The third-order valence-corrected chi connectivity index (χ3v) is 3.25. The molecular weight excluding hydrogens is 309 g/mol. The summed E-state index contributed by atoms with van der Waals surface area (Å²) in [5.41, 5.74) is -0.0577. The highest BCUT2D eigenvalue weighted by Crippen LogP contribution is 2.30. The molecular formula is C15H17F3N4O. The summed E-state index contributed by atoms with van der Waals surface area (Å²) in [5.74, 6) is -0.431. The second-order valence-corrected chi connectivity index (χ2v) is 5.17. The van der Waals surface area contributed by atoms with Crippen molar-refractivity contribution in [3.63, 3.8) is 0 Å². The van der Waals surface area contributed by atoms with Gasteiger partial charge >= 0.3 is 6.18 Å². The summed E-state index contributed by atoms with van der Waals surface area (Å²) in [5, 5.41) is 9.56. The van der Waals surface area contributed by atoms with Gasteiger partial charge in [0, 0.05) is 12.5 Å². The highest BCUT2D eigenvalue weighted by atomic mass is 19.4. The number of hydrogen-bond acceptors (Lipinski definition) is 3. The number of rotatable bonds is 5. The number of benzene rings is 1. The molecule has 2 N–H and O–H groups in total. The minimum atomic E-state index is -4.41. The van der Waals surface area contributed by atoms with Crippen LogP contribution in [0, 0.1) is 5.92 Å². The van der Waals surface area contributed by atoms with Gasteiger partial charge in [-0.25, -0.2) is 4.68 Å². The fourth-order valence-corrected chi connectivity index (χ4v) is 2.02. The molecule has 5 nitrogen and oxygen atoms in total. The monoisotopic (exact) mass is 326 g/mol. The lowest BCUT2D eigenvalue weighted by Gasteiger charge is -2.10. The normalized spacial score (nSPS) is 12.9. The van der Waals surface area contributed by atoms with E-state index < -0.39 is 11.7 Å². The van der Waals surface area contributed by atoms with Crippen LogP contribution in [0.3, 0.4) is 0 Å². The van der Waals surface area contributed by atoms with Crippen LogP contribution >= 0.6 is 0 Å². The molecule has 0 spiro atoms. The molecule has 1 aromatic carbocycles. The molecule has 1 aromatic heterocycles. The van der Waals surface area contributed by atoms with Gasteiger partial charge in [-0.1, -0.05) is 13.0 Å². The van der Waals surface area contributed by atoms with Crippen LogP contribution in [0.2, 0.25) is 0 Å². The molecule has 0 aliphatic carbocycles. The quantitative estimate of drug-likeness (QED) is 0.888. The summed E-state index contributed by atoms with van der Waals surface area (Å²) in [6.45, 7) is 2.29. The zero-order valence-electron chi connectivity index (χ0n) is 12.7. The maximum atomic E-state index is 12.7. The van der Waals surface area contributed by atoms with Crippen molar-refractivity contribution in [1.82, 2.24) is 15.1 Å². The van der Waals surface area contributed by atoms with Crippen molar-refractivity contribution < 1.29 is 18.0 Å². The van der Waals surface area contributed by atoms with E-state index in [-0.39, 0.29) is 17.5 Å². The molecule has 8 heteroatoms. The Kier molecular flexibility index (Phi) is 5.05. The topological polar surface area (TPSA) is 59.0 Å². The van der Waals surface area contributed by atoms with Crippen molar-refractivity contribution in [2.45, 2.75) is 13.1 Å². The van der Waals surface area contributed by atoms with E-state index in [1.54, 1.807) is 14.0 Å². The standard InChI is InChI=1S/C15H17F3N4O/c1-10(7-19-2)14(23)21-12-8-20-22(9-12)13-5-3-4-11(6-13)15(16,17)18/h3-6,8-10,19H,7H2,1-2H3,(H,21,23). The summed E-state index contributed by atoms with van der Waals surface area (Å²) in [6.07, 6.45) is -1.55. The van der Waals surface area contributed by atoms with Crippen LogP contribution in [-0.2, 0) is 11.0 Å². The molecule has 1 atom stereocenters. The van der Waals surface area contributed by atoms with E-state index >= 15 is 0 Å². The van der Waals surface area contributed by atoms with Crippen LogP contribution in [0.1, 0.15) is 12.5 Å². The molecule has 124 valence electrons. The molecule has 0 saturated heterocycles. The number of anilines is 1. The highest BCUT2D eigenvalue weighted by molar-refractivity contribution is 5.92. The van der Waals surface area contributed by atoms with E-state index in [0.717, 1.165) is 12.1 Å². The molecule has 0 bridgehead atoms. The van der Waals surface area contributed by atoms with Crippen LogP contribution in [0.4, 0.5) is 18.9 Å². The highest BCUT2D eigenvalue weighted by Gasteiger charge is 2.30. The van der Waals surface area contributed by atoms with Crippen molar-refractivity contribution in [3.8, 4) is 5.69 Å². The Hall–Kier alpha value is -2.35. The first kappa shape index (κ1) is 17.0. The zero-order valence-corrected chi connectivity index (χ0v) is 12.7. The lowest BCUT2D eigenvalue weighted by atomic mass is 10.1. The van der Waals surface area contributed by atoms with Crippen LogP contribution in [0.25, 0.3) is 5.69 Å². The summed E-state index contributed by atoms with van der Waals surface area (Å²) in [7, 11) is 1.75. The van der Waals surface area contributed by atoms with E-state index in [4.69, 9.17) is 0 Å². The maximum absolute atomic E-state index is 12.7. The maximum Gasteiger partial charge on any atom is 0.416 e. The number of alkyl halides is 3. The van der Waals surface area contributed by atoms with E-state index in [1.165, 1.54) is 29.2 Å². The van der Waals surface area contributed by atoms with Crippen LogP contribution in [-0.4, -0.2) is 29.3 Å². The predicted octanol–water partition coefficient (Wildman–Crippen LogP) is 2.69. The smallest absolute Gasteiger partial charge is 0.323 e. The van der Waals surface area contributed by atoms with Gasteiger partial charge in [0.05, 0.1) is 29.3 Å². The van der Waals surface area contributed by atoms with Gasteiger partial charge in [-0.3, -0.25) is 4.79 Å². The number of carbonyl (C=O) groups is 1. The first-order valence-corrected chi connectivity index (χ1v) is 6.99. The number of nitrogens with zero attached hydrogens (tertiary/aromatic N) is 2. The van der Waals surface area contributed by atoms with E-state index in [1.807, 2.05) is 0 Å². The third-order valence-electron chi connectivity index (χ3n) is 3.25. The van der Waals surface area contributed by atoms with Crippen molar-refractivity contribution in [2.75, 3.05) is 18.9 Å². The largest absolute Gasteiger partial charge is 0.416 e. The van der Waals surface area contributed by atoms with Crippen LogP contribution in [0.5, 0.6) is 0 Å². The molecule has 1 heterocycles. The van der Waals surface area contributed by atoms with Crippen molar-refractivity contribution in [2.24, 2.45) is 5.92 Å². The van der Waals surface area contributed by atoms with Gasteiger partial charge in [0.2, 0.25) is 5.91 Å². The van der Waals surface area contributed by atoms with E-state index in [0.29, 0.717) is 12.2 Å². The number of halogens is 3. The van der Waals surface area contributed by atoms with Crippen LogP contribution < -0.4 is 10.6 Å². The van der Waals surface area contributed by atoms with E-state index in [2.05, 4.69) is 15.7 Å². The average Bonchev–Trinajstić information content (AvgIpc) is 2.95. The van der Waals surface area contributed by atoms with E-state index in [9.17, 15) is 18.0 Å². The summed E-state index contributed by atoms with van der Waals surface area (Å²) < 4.78 is 39.5. The van der Waals surface area contributed by atoms with Crippen molar-refractivity contribution >= 4 is 11.6 Å².